The molecule has 1 fully saturated rings. The molecule has 1 aliphatic heterocycles. The van der Waals surface area contributed by atoms with Gasteiger partial charge in [-0.25, -0.2) is 0 Å². The summed E-state index contributed by atoms with van der Waals surface area (Å²) < 4.78 is 0. The zero-order chi connectivity index (χ0) is 9.97. The van der Waals surface area contributed by atoms with E-state index in [0.29, 0.717) is 0 Å². The van der Waals surface area contributed by atoms with E-state index < -0.39 is 0 Å². The SMILES string of the molecule is N#C[C@@H](c1ccccc1)N1CC(N)C1. The lowest BCUT2D eigenvalue weighted by Gasteiger charge is -2.39. The molecule has 72 valence electrons. The highest BCUT2D eigenvalue weighted by Crippen LogP contribution is 2.23. The standard InChI is InChI=1S/C11H13N3/c12-6-11(14-7-10(13)8-14)9-4-2-1-3-5-9/h1-5,10-11H,7-8,13H2/t11-/m0/s1. The van der Waals surface area contributed by atoms with E-state index in [4.69, 9.17) is 11.0 Å². The van der Waals surface area contributed by atoms with Crippen LogP contribution in [0.1, 0.15) is 11.6 Å². The Morgan fingerprint density at radius 3 is 2.50 bits per heavy atom. The molecule has 14 heavy (non-hydrogen) atoms. The minimum atomic E-state index is -0.129. The van der Waals surface area contributed by atoms with Crippen LogP contribution >= 0.6 is 0 Å². The number of nitriles is 1. The summed E-state index contributed by atoms with van der Waals surface area (Å²) in [5.74, 6) is 0. The second kappa shape index (κ2) is 3.79. The average molecular weight is 187 g/mol. The van der Waals surface area contributed by atoms with E-state index in [1.807, 2.05) is 30.3 Å². The lowest BCUT2D eigenvalue weighted by molar-refractivity contribution is 0.121. The van der Waals surface area contributed by atoms with Crippen molar-refractivity contribution < 1.29 is 0 Å². The van der Waals surface area contributed by atoms with Gasteiger partial charge in [0.05, 0.1) is 6.07 Å². The molecule has 0 radical (unpaired) electrons. The normalized spacial score (nSPS) is 19.7. The predicted molar refractivity (Wildman–Crippen MR) is 54.3 cm³/mol. The Hall–Kier alpha value is -1.37. The molecule has 0 aliphatic carbocycles. The molecule has 0 unspecified atom stereocenters. The molecule has 0 spiro atoms. The third-order valence-corrected chi connectivity index (χ3v) is 2.54. The maximum Gasteiger partial charge on any atom is 0.123 e. The number of likely N-dealkylation sites (tertiary alicyclic amines) is 1. The number of hydrogen-bond donors (Lipinski definition) is 1. The van der Waals surface area contributed by atoms with Gasteiger partial charge in [0, 0.05) is 19.1 Å². The zero-order valence-electron chi connectivity index (χ0n) is 7.93. The van der Waals surface area contributed by atoms with Gasteiger partial charge in [-0.3, -0.25) is 4.90 Å². The molecule has 3 heteroatoms. The summed E-state index contributed by atoms with van der Waals surface area (Å²) in [5, 5.41) is 9.07. The van der Waals surface area contributed by atoms with Crippen LogP contribution < -0.4 is 5.73 Å². The fourth-order valence-corrected chi connectivity index (χ4v) is 1.76. The molecule has 1 aromatic rings. The summed E-state index contributed by atoms with van der Waals surface area (Å²) in [7, 11) is 0. The average Bonchev–Trinajstić information content (AvgIpc) is 2.18. The third-order valence-electron chi connectivity index (χ3n) is 2.54. The van der Waals surface area contributed by atoms with Crippen LogP contribution in [0.3, 0.4) is 0 Å². The van der Waals surface area contributed by atoms with Crippen LogP contribution in [0.2, 0.25) is 0 Å². The van der Waals surface area contributed by atoms with Crippen LogP contribution in [0, 0.1) is 11.3 Å². The van der Waals surface area contributed by atoms with Crippen molar-refractivity contribution in [3.05, 3.63) is 35.9 Å². The van der Waals surface area contributed by atoms with Gasteiger partial charge in [-0.05, 0) is 5.56 Å². The van der Waals surface area contributed by atoms with Gasteiger partial charge in [0.25, 0.3) is 0 Å². The molecule has 3 nitrogen and oxygen atoms in total. The molecule has 0 aromatic heterocycles. The lowest BCUT2D eigenvalue weighted by atomic mass is 10.0. The van der Waals surface area contributed by atoms with E-state index in [1.165, 1.54) is 0 Å². The fourth-order valence-electron chi connectivity index (χ4n) is 1.76. The quantitative estimate of drug-likeness (QED) is 0.748. The number of nitrogens with zero attached hydrogens (tertiary/aromatic N) is 2. The van der Waals surface area contributed by atoms with Gasteiger partial charge in [-0.15, -0.1) is 0 Å². The Morgan fingerprint density at radius 1 is 1.36 bits per heavy atom. The minimum absolute atomic E-state index is 0.129. The van der Waals surface area contributed by atoms with E-state index in [9.17, 15) is 0 Å². The Balaban J connectivity index is 2.12. The smallest absolute Gasteiger partial charge is 0.123 e. The molecular formula is C11H13N3. The molecule has 0 saturated carbocycles. The number of benzene rings is 1. The number of hydrogen-bond acceptors (Lipinski definition) is 3. The monoisotopic (exact) mass is 187 g/mol. The van der Waals surface area contributed by atoms with Gasteiger partial charge < -0.3 is 5.73 Å². The van der Waals surface area contributed by atoms with E-state index >= 15 is 0 Å². The molecule has 0 amide bonds. The number of nitrogens with two attached hydrogens (primary N) is 1. The van der Waals surface area contributed by atoms with Crippen molar-refractivity contribution in [3.63, 3.8) is 0 Å². The summed E-state index contributed by atoms with van der Waals surface area (Å²) in [6, 6.07) is 12.3. The Kier molecular flexibility index (Phi) is 2.49. The molecule has 1 aromatic carbocycles. The maximum absolute atomic E-state index is 9.07. The van der Waals surface area contributed by atoms with Crippen LogP contribution in [0.5, 0.6) is 0 Å². The third kappa shape index (κ3) is 1.63. The Morgan fingerprint density at radius 2 is 2.00 bits per heavy atom. The van der Waals surface area contributed by atoms with Gasteiger partial charge in [0.1, 0.15) is 6.04 Å². The topological polar surface area (TPSA) is 53.0 Å². The fraction of sp³-hybridized carbons (Fsp3) is 0.364. The van der Waals surface area contributed by atoms with Crippen LogP contribution in [-0.4, -0.2) is 24.0 Å². The summed E-state index contributed by atoms with van der Waals surface area (Å²) in [4.78, 5) is 2.10. The highest BCUT2D eigenvalue weighted by Gasteiger charge is 2.30. The second-order valence-corrected chi connectivity index (χ2v) is 3.66. The highest BCUT2D eigenvalue weighted by atomic mass is 15.2. The van der Waals surface area contributed by atoms with Crippen LogP contribution in [0.4, 0.5) is 0 Å². The van der Waals surface area contributed by atoms with Gasteiger partial charge in [0.2, 0.25) is 0 Å². The van der Waals surface area contributed by atoms with Crippen molar-refractivity contribution in [3.8, 4) is 6.07 Å². The summed E-state index contributed by atoms with van der Waals surface area (Å²) in [6.07, 6.45) is 0. The first kappa shape index (κ1) is 9.20. The van der Waals surface area contributed by atoms with Gasteiger partial charge >= 0.3 is 0 Å². The van der Waals surface area contributed by atoms with Crippen molar-refractivity contribution in [2.24, 2.45) is 5.73 Å². The molecular weight excluding hydrogens is 174 g/mol. The van der Waals surface area contributed by atoms with E-state index in [-0.39, 0.29) is 12.1 Å². The Labute approximate surface area is 83.7 Å². The molecule has 1 atom stereocenters. The van der Waals surface area contributed by atoms with Crippen molar-refractivity contribution >= 4 is 0 Å². The van der Waals surface area contributed by atoms with Gasteiger partial charge in [-0.2, -0.15) is 5.26 Å². The van der Waals surface area contributed by atoms with Gasteiger partial charge in [0.15, 0.2) is 0 Å². The van der Waals surface area contributed by atoms with Crippen molar-refractivity contribution in [2.75, 3.05) is 13.1 Å². The molecule has 1 heterocycles. The lowest BCUT2D eigenvalue weighted by Crippen LogP contribution is -2.56. The van der Waals surface area contributed by atoms with Crippen LogP contribution in [-0.2, 0) is 0 Å². The molecule has 0 bridgehead atoms. The Bertz CT molecular complexity index is 335. The molecule has 1 aliphatic rings. The largest absolute Gasteiger partial charge is 0.325 e. The van der Waals surface area contributed by atoms with Crippen molar-refractivity contribution in [1.29, 1.82) is 5.26 Å². The summed E-state index contributed by atoms with van der Waals surface area (Å²) in [5.41, 5.74) is 6.75. The minimum Gasteiger partial charge on any atom is -0.325 e. The summed E-state index contributed by atoms with van der Waals surface area (Å²) in [6.45, 7) is 1.65. The predicted octanol–water partition coefficient (Wildman–Crippen LogP) is 0.894. The van der Waals surface area contributed by atoms with Gasteiger partial charge in [-0.1, -0.05) is 30.3 Å². The van der Waals surface area contributed by atoms with E-state index in [2.05, 4.69) is 11.0 Å². The molecule has 2 rings (SSSR count). The molecule has 2 N–H and O–H groups in total. The highest BCUT2D eigenvalue weighted by molar-refractivity contribution is 5.24. The first-order chi connectivity index (χ1) is 6.81. The van der Waals surface area contributed by atoms with Crippen LogP contribution in [0.25, 0.3) is 0 Å². The summed E-state index contributed by atoms with van der Waals surface area (Å²) >= 11 is 0. The van der Waals surface area contributed by atoms with Crippen molar-refractivity contribution in [1.82, 2.24) is 4.90 Å². The van der Waals surface area contributed by atoms with Crippen molar-refractivity contribution in [2.45, 2.75) is 12.1 Å². The number of rotatable bonds is 2. The van der Waals surface area contributed by atoms with Crippen LogP contribution in [0.15, 0.2) is 30.3 Å². The maximum atomic E-state index is 9.07. The first-order valence-electron chi connectivity index (χ1n) is 4.75. The van der Waals surface area contributed by atoms with E-state index in [0.717, 1.165) is 18.7 Å². The molecule has 1 saturated heterocycles. The second-order valence-electron chi connectivity index (χ2n) is 3.66. The zero-order valence-corrected chi connectivity index (χ0v) is 7.93. The first-order valence-corrected chi connectivity index (χ1v) is 4.75. The van der Waals surface area contributed by atoms with E-state index in [1.54, 1.807) is 0 Å².